The molecule has 0 spiro atoms. The lowest BCUT2D eigenvalue weighted by Crippen LogP contribution is -2.59. The minimum atomic E-state index is -2.85. The fourth-order valence-electron chi connectivity index (χ4n) is 3.59. The van der Waals surface area contributed by atoms with E-state index in [1.54, 1.807) is 6.92 Å². The summed E-state index contributed by atoms with van der Waals surface area (Å²) in [5, 5.41) is 5.44. The largest absolute Gasteiger partial charge is 0.353 e. The van der Waals surface area contributed by atoms with Gasteiger partial charge in [0.1, 0.15) is 11.9 Å². The molecule has 1 aromatic rings. The van der Waals surface area contributed by atoms with Crippen molar-refractivity contribution < 1.29 is 27.5 Å². The van der Waals surface area contributed by atoms with Gasteiger partial charge in [0.25, 0.3) is 0 Å². The molecule has 3 amide bonds. The summed E-state index contributed by atoms with van der Waals surface area (Å²) in [7, 11) is 0. The molecule has 1 aromatic carbocycles. The number of carbonyl (C=O) groups excluding carboxylic acids is 2. The molecule has 0 unspecified atom stereocenters. The number of rotatable bonds is 5. The average Bonchev–Trinajstić information content (AvgIpc) is 2.60. The van der Waals surface area contributed by atoms with Gasteiger partial charge >= 0.3 is 12.6 Å². The van der Waals surface area contributed by atoms with Crippen LogP contribution in [0.15, 0.2) is 18.2 Å². The Balaban J connectivity index is 1.75. The first kappa shape index (κ1) is 20.7. The molecular weight excluding hydrogens is 399 g/mol. The summed E-state index contributed by atoms with van der Waals surface area (Å²) in [5.74, 6) is -1.02. The van der Waals surface area contributed by atoms with E-state index in [9.17, 15) is 22.8 Å². The zero-order valence-electron chi connectivity index (χ0n) is 15.1. The molecule has 10 heteroatoms. The Hall–Kier alpha value is -2.00. The highest BCUT2D eigenvalue weighted by Gasteiger charge is 2.40. The summed E-state index contributed by atoms with van der Waals surface area (Å²) in [4.78, 5) is 26.0. The van der Waals surface area contributed by atoms with E-state index in [0.717, 1.165) is 0 Å². The Bertz CT molecular complexity index is 746. The summed E-state index contributed by atoms with van der Waals surface area (Å²) in [5.41, 5.74) is 0.564. The molecule has 2 fully saturated rings. The van der Waals surface area contributed by atoms with Crippen LogP contribution < -0.4 is 10.6 Å². The first-order chi connectivity index (χ1) is 13.3. The summed E-state index contributed by atoms with van der Waals surface area (Å²) < 4.78 is 42.8. The Morgan fingerprint density at radius 1 is 1.39 bits per heavy atom. The summed E-state index contributed by atoms with van der Waals surface area (Å²) in [6.07, 6.45) is 0.0423. The zero-order valence-corrected chi connectivity index (χ0v) is 15.9. The Kier molecular flexibility index (Phi) is 6.34. The maximum atomic E-state index is 13.5. The van der Waals surface area contributed by atoms with E-state index in [2.05, 4.69) is 15.4 Å². The van der Waals surface area contributed by atoms with E-state index in [0.29, 0.717) is 31.5 Å². The van der Waals surface area contributed by atoms with Gasteiger partial charge in [-0.15, -0.1) is 0 Å². The third-order valence-corrected chi connectivity index (χ3v) is 5.53. The van der Waals surface area contributed by atoms with Crippen molar-refractivity contribution in [1.82, 2.24) is 15.5 Å². The van der Waals surface area contributed by atoms with E-state index in [4.69, 9.17) is 11.6 Å². The van der Waals surface area contributed by atoms with E-state index in [-0.39, 0.29) is 16.8 Å². The normalized spacial score (nSPS) is 25.9. The standard InChI is InChI=1S/C18H21ClF3N3O3/c1-9-16(26)23-4-5-25(9)18(27)24-15(10-2-3-14(20)13(19)8-10)11-6-12(7-11)28-17(21)22/h2-3,8-9,11-12,15,17H,4-7H2,1H3,(H,23,26)(H,24,27)/t9-,11-,12-,15-/m1/s1. The van der Waals surface area contributed by atoms with E-state index in [1.165, 1.54) is 23.1 Å². The molecule has 1 aliphatic heterocycles. The molecule has 1 aliphatic carbocycles. The van der Waals surface area contributed by atoms with Crippen LogP contribution in [0, 0.1) is 11.7 Å². The third kappa shape index (κ3) is 4.52. The summed E-state index contributed by atoms with van der Waals surface area (Å²) in [6, 6.07) is 2.45. The highest BCUT2D eigenvalue weighted by atomic mass is 35.5. The van der Waals surface area contributed by atoms with Crippen molar-refractivity contribution in [2.75, 3.05) is 13.1 Å². The first-order valence-corrected chi connectivity index (χ1v) is 9.37. The van der Waals surface area contributed by atoms with E-state index >= 15 is 0 Å². The Morgan fingerprint density at radius 2 is 2.11 bits per heavy atom. The van der Waals surface area contributed by atoms with Crippen molar-refractivity contribution in [2.45, 2.75) is 44.6 Å². The highest BCUT2D eigenvalue weighted by molar-refractivity contribution is 6.30. The van der Waals surface area contributed by atoms with Crippen molar-refractivity contribution in [3.8, 4) is 0 Å². The van der Waals surface area contributed by atoms with Crippen LogP contribution in [-0.4, -0.2) is 48.7 Å². The molecule has 28 heavy (non-hydrogen) atoms. The lowest BCUT2D eigenvalue weighted by Gasteiger charge is -2.42. The number of carbonyl (C=O) groups is 2. The number of alkyl halides is 2. The van der Waals surface area contributed by atoms with Crippen LogP contribution in [0.5, 0.6) is 0 Å². The van der Waals surface area contributed by atoms with Crippen molar-refractivity contribution in [1.29, 1.82) is 0 Å². The minimum Gasteiger partial charge on any atom is -0.353 e. The van der Waals surface area contributed by atoms with Crippen LogP contribution in [0.4, 0.5) is 18.0 Å². The molecular formula is C18H21ClF3N3O3. The fraction of sp³-hybridized carbons (Fsp3) is 0.556. The molecule has 2 atom stereocenters. The van der Waals surface area contributed by atoms with Crippen molar-refractivity contribution in [2.24, 2.45) is 5.92 Å². The van der Waals surface area contributed by atoms with Gasteiger partial charge in [0.2, 0.25) is 5.91 Å². The van der Waals surface area contributed by atoms with Gasteiger partial charge < -0.3 is 20.3 Å². The minimum absolute atomic E-state index is 0.0952. The average molecular weight is 420 g/mol. The maximum absolute atomic E-state index is 13.5. The van der Waals surface area contributed by atoms with Gasteiger partial charge in [-0.05, 0) is 43.4 Å². The maximum Gasteiger partial charge on any atom is 0.345 e. The van der Waals surface area contributed by atoms with E-state index < -0.39 is 36.6 Å². The number of hydrogen-bond acceptors (Lipinski definition) is 3. The molecule has 2 N–H and O–H groups in total. The number of ether oxygens (including phenoxy) is 1. The number of halogens is 4. The third-order valence-electron chi connectivity index (χ3n) is 5.24. The lowest BCUT2D eigenvalue weighted by atomic mass is 9.75. The Morgan fingerprint density at radius 3 is 2.75 bits per heavy atom. The molecule has 0 radical (unpaired) electrons. The SMILES string of the molecule is C[C@@H]1C(=O)NCCN1C(=O)N[C@H](c1ccc(F)c(Cl)c1)[C@H]1C[C@H](OC(F)F)C1. The summed E-state index contributed by atoms with van der Waals surface area (Å²) >= 11 is 5.87. The van der Waals surface area contributed by atoms with Gasteiger partial charge in [-0.3, -0.25) is 4.79 Å². The number of hydrogen-bond donors (Lipinski definition) is 2. The van der Waals surface area contributed by atoms with Gasteiger partial charge in [0.05, 0.1) is 17.2 Å². The smallest absolute Gasteiger partial charge is 0.345 e. The number of nitrogens with one attached hydrogen (secondary N) is 2. The predicted octanol–water partition coefficient (Wildman–Crippen LogP) is 3.07. The quantitative estimate of drug-likeness (QED) is 0.770. The first-order valence-electron chi connectivity index (χ1n) is 8.99. The lowest BCUT2D eigenvalue weighted by molar-refractivity contribution is -0.193. The fourth-order valence-corrected chi connectivity index (χ4v) is 3.78. The molecule has 1 saturated carbocycles. The number of urea groups is 1. The molecule has 154 valence electrons. The second-order valence-corrected chi connectivity index (χ2v) is 7.42. The molecule has 3 rings (SSSR count). The van der Waals surface area contributed by atoms with Gasteiger partial charge in [-0.25, -0.2) is 9.18 Å². The van der Waals surface area contributed by atoms with Crippen LogP contribution in [0.2, 0.25) is 5.02 Å². The van der Waals surface area contributed by atoms with Crippen LogP contribution in [0.3, 0.4) is 0 Å². The van der Waals surface area contributed by atoms with Gasteiger partial charge in [-0.1, -0.05) is 17.7 Å². The predicted molar refractivity (Wildman–Crippen MR) is 95.5 cm³/mol. The second-order valence-electron chi connectivity index (χ2n) is 7.01. The van der Waals surface area contributed by atoms with Crippen molar-refractivity contribution >= 4 is 23.5 Å². The number of piperazine rings is 1. The van der Waals surface area contributed by atoms with Crippen molar-refractivity contribution in [3.05, 3.63) is 34.6 Å². The van der Waals surface area contributed by atoms with Gasteiger partial charge in [-0.2, -0.15) is 8.78 Å². The Labute approximate surface area is 165 Å². The van der Waals surface area contributed by atoms with Crippen molar-refractivity contribution in [3.63, 3.8) is 0 Å². The summed E-state index contributed by atoms with van der Waals surface area (Å²) in [6.45, 7) is -0.547. The second kappa shape index (κ2) is 8.57. The van der Waals surface area contributed by atoms with Crippen LogP contribution >= 0.6 is 11.6 Å². The van der Waals surface area contributed by atoms with Crippen LogP contribution in [0.1, 0.15) is 31.4 Å². The number of nitrogens with zero attached hydrogens (tertiary/aromatic N) is 1. The monoisotopic (exact) mass is 419 g/mol. The number of amides is 3. The molecule has 1 saturated heterocycles. The van der Waals surface area contributed by atoms with Crippen LogP contribution in [0.25, 0.3) is 0 Å². The molecule has 1 heterocycles. The molecule has 2 aliphatic rings. The topological polar surface area (TPSA) is 70.7 Å². The molecule has 6 nitrogen and oxygen atoms in total. The highest BCUT2D eigenvalue weighted by Crippen LogP contribution is 2.41. The van der Waals surface area contributed by atoms with Gasteiger partial charge in [0, 0.05) is 13.1 Å². The zero-order chi connectivity index (χ0) is 20.4. The van der Waals surface area contributed by atoms with Gasteiger partial charge in [0.15, 0.2) is 0 Å². The molecule has 0 bridgehead atoms. The van der Waals surface area contributed by atoms with Crippen LogP contribution in [-0.2, 0) is 9.53 Å². The molecule has 0 aromatic heterocycles. The number of benzene rings is 1. The van der Waals surface area contributed by atoms with E-state index in [1.807, 2.05) is 0 Å².